The standard InChI is InChI=1S/C14H20ClNO3/c1-2-17-7-4-16-10-11-8-12(15)14-13(9-11)18-5-3-6-19-14/h8-9,16H,2-7,10H2,1H3. The van der Waals surface area contributed by atoms with E-state index in [1.54, 1.807) is 0 Å². The molecule has 0 radical (unpaired) electrons. The van der Waals surface area contributed by atoms with Crippen LogP contribution in [0.5, 0.6) is 11.5 Å². The molecule has 1 aromatic rings. The molecule has 4 nitrogen and oxygen atoms in total. The molecule has 5 heteroatoms. The largest absolute Gasteiger partial charge is 0.489 e. The first-order chi connectivity index (χ1) is 9.31. The maximum atomic E-state index is 6.22. The van der Waals surface area contributed by atoms with Gasteiger partial charge in [-0.1, -0.05) is 11.6 Å². The highest BCUT2D eigenvalue weighted by Gasteiger charge is 2.15. The lowest BCUT2D eigenvalue weighted by Gasteiger charge is -2.12. The van der Waals surface area contributed by atoms with Crippen molar-refractivity contribution >= 4 is 11.6 Å². The number of hydrogen-bond acceptors (Lipinski definition) is 4. The molecular formula is C14H20ClNO3. The Morgan fingerprint density at radius 1 is 1.32 bits per heavy atom. The normalized spacial score (nSPS) is 14.2. The highest BCUT2D eigenvalue weighted by Crippen LogP contribution is 2.37. The summed E-state index contributed by atoms with van der Waals surface area (Å²) < 4.78 is 16.5. The van der Waals surface area contributed by atoms with Crippen molar-refractivity contribution in [1.29, 1.82) is 0 Å². The maximum Gasteiger partial charge on any atom is 0.179 e. The number of rotatable bonds is 6. The first-order valence-electron chi connectivity index (χ1n) is 6.67. The zero-order chi connectivity index (χ0) is 13.5. The zero-order valence-electron chi connectivity index (χ0n) is 11.2. The lowest BCUT2D eigenvalue weighted by atomic mass is 10.2. The third kappa shape index (κ3) is 4.27. The Morgan fingerprint density at radius 3 is 3.00 bits per heavy atom. The molecule has 0 aliphatic carbocycles. The summed E-state index contributed by atoms with van der Waals surface area (Å²) in [5, 5.41) is 3.92. The molecule has 106 valence electrons. The predicted molar refractivity (Wildman–Crippen MR) is 75.3 cm³/mol. The van der Waals surface area contributed by atoms with E-state index in [9.17, 15) is 0 Å². The van der Waals surface area contributed by atoms with Crippen LogP contribution in [0.15, 0.2) is 12.1 Å². The SMILES string of the molecule is CCOCCNCc1cc(Cl)c2c(c1)OCCCO2. The summed E-state index contributed by atoms with van der Waals surface area (Å²) in [7, 11) is 0. The van der Waals surface area contributed by atoms with E-state index in [0.29, 0.717) is 24.0 Å². The fourth-order valence-corrected chi connectivity index (χ4v) is 2.20. The smallest absolute Gasteiger partial charge is 0.179 e. The fourth-order valence-electron chi connectivity index (χ4n) is 1.91. The summed E-state index contributed by atoms with van der Waals surface area (Å²) in [6.07, 6.45) is 0.882. The maximum absolute atomic E-state index is 6.22. The molecule has 0 saturated heterocycles. The van der Waals surface area contributed by atoms with Gasteiger partial charge in [0.15, 0.2) is 11.5 Å². The third-order valence-corrected chi connectivity index (χ3v) is 3.10. The number of nitrogens with one attached hydrogen (secondary N) is 1. The average molecular weight is 286 g/mol. The molecule has 1 heterocycles. The van der Waals surface area contributed by atoms with Crippen molar-refractivity contribution < 1.29 is 14.2 Å². The van der Waals surface area contributed by atoms with Gasteiger partial charge in [-0.25, -0.2) is 0 Å². The Bertz CT molecular complexity index is 412. The van der Waals surface area contributed by atoms with Gasteiger partial charge in [0.05, 0.1) is 24.8 Å². The van der Waals surface area contributed by atoms with Crippen LogP contribution in [0.4, 0.5) is 0 Å². The van der Waals surface area contributed by atoms with Crippen LogP contribution in [0.2, 0.25) is 5.02 Å². The van der Waals surface area contributed by atoms with E-state index in [4.69, 9.17) is 25.8 Å². The Labute approximate surface area is 119 Å². The van der Waals surface area contributed by atoms with Crippen LogP contribution in [0.3, 0.4) is 0 Å². The minimum Gasteiger partial charge on any atom is -0.489 e. The highest BCUT2D eigenvalue weighted by atomic mass is 35.5. The Morgan fingerprint density at radius 2 is 2.16 bits per heavy atom. The molecule has 0 saturated carbocycles. The van der Waals surface area contributed by atoms with Crippen LogP contribution in [0, 0.1) is 0 Å². The number of hydrogen-bond donors (Lipinski definition) is 1. The van der Waals surface area contributed by atoms with Crippen molar-refractivity contribution in [3.8, 4) is 11.5 Å². The molecule has 0 amide bonds. The topological polar surface area (TPSA) is 39.7 Å². The van der Waals surface area contributed by atoms with Crippen LogP contribution in [0.25, 0.3) is 0 Å². The molecular weight excluding hydrogens is 266 g/mol. The Hall–Kier alpha value is -0.970. The van der Waals surface area contributed by atoms with Gasteiger partial charge in [-0.2, -0.15) is 0 Å². The molecule has 1 N–H and O–H groups in total. The minimum absolute atomic E-state index is 0.612. The van der Waals surface area contributed by atoms with E-state index in [2.05, 4.69) is 5.32 Å². The average Bonchev–Trinajstić information content (AvgIpc) is 2.64. The van der Waals surface area contributed by atoms with Crippen LogP contribution < -0.4 is 14.8 Å². The Kier molecular flexibility index (Phi) is 5.76. The molecule has 1 aliphatic heterocycles. The van der Waals surface area contributed by atoms with E-state index >= 15 is 0 Å². The molecule has 2 rings (SSSR count). The molecule has 0 fully saturated rings. The van der Waals surface area contributed by atoms with Gasteiger partial charge >= 0.3 is 0 Å². The Balaban J connectivity index is 1.94. The monoisotopic (exact) mass is 285 g/mol. The van der Waals surface area contributed by atoms with Gasteiger partial charge in [0, 0.05) is 26.1 Å². The van der Waals surface area contributed by atoms with E-state index in [-0.39, 0.29) is 0 Å². The van der Waals surface area contributed by atoms with E-state index in [1.807, 2.05) is 19.1 Å². The zero-order valence-corrected chi connectivity index (χ0v) is 12.0. The van der Waals surface area contributed by atoms with Gasteiger partial charge in [-0.15, -0.1) is 0 Å². The van der Waals surface area contributed by atoms with Crippen molar-refractivity contribution in [1.82, 2.24) is 5.32 Å². The van der Waals surface area contributed by atoms with Gasteiger partial charge in [-0.3, -0.25) is 0 Å². The second-order valence-corrected chi connectivity index (χ2v) is 4.74. The summed E-state index contributed by atoms with van der Waals surface area (Å²) >= 11 is 6.22. The van der Waals surface area contributed by atoms with Crippen molar-refractivity contribution in [2.24, 2.45) is 0 Å². The van der Waals surface area contributed by atoms with Crippen LogP contribution >= 0.6 is 11.6 Å². The summed E-state index contributed by atoms with van der Waals surface area (Å²) in [4.78, 5) is 0. The number of ether oxygens (including phenoxy) is 3. The van der Waals surface area contributed by atoms with Crippen molar-refractivity contribution in [3.63, 3.8) is 0 Å². The summed E-state index contributed by atoms with van der Waals surface area (Å²) in [6, 6.07) is 3.91. The molecule has 0 bridgehead atoms. The highest BCUT2D eigenvalue weighted by molar-refractivity contribution is 6.32. The second-order valence-electron chi connectivity index (χ2n) is 4.33. The number of fused-ring (bicyclic) bond motifs is 1. The molecule has 19 heavy (non-hydrogen) atoms. The van der Waals surface area contributed by atoms with Gasteiger partial charge in [0.2, 0.25) is 0 Å². The third-order valence-electron chi connectivity index (χ3n) is 2.82. The molecule has 0 spiro atoms. The van der Waals surface area contributed by atoms with Crippen LogP contribution in [-0.4, -0.2) is 33.0 Å². The van der Waals surface area contributed by atoms with Gasteiger partial charge in [0.1, 0.15) is 0 Å². The van der Waals surface area contributed by atoms with Crippen LogP contribution in [0.1, 0.15) is 18.9 Å². The molecule has 0 unspecified atom stereocenters. The summed E-state index contributed by atoms with van der Waals surface area (Å²) in [6.45, 7) is 6.34. The molecule has 0 atom stereocenters. The van der Waals surface area contributed by atoms with E-state index in [1.165, 1.54) is 0 Å². The quantitative estimate of drug-likeness (QED) is 0.816. The fraction of sp³-hybridized carbons (Fsp3) is 0.571. The van der Waals surface area contributed by atoms with Crippen LogP contribution in [-0.2, 0) is 11.3 Å². The molecule has 0 aromatic heterocycles. The first-order valence-corrected chi connectivity index (χ1v) is 7.05. The van der Waals surface area contributed by atoms with Gasteiger partial charge < -0.3 is 19.5 Å². The van der Waals surface area contributed by atoms with Crippen molar-refractivity contribution in [2.75, 3.05) is 33.0 Å². The van der Waals surface area contributed by atoms with Gasteiger partial charge in [-0.05, 0) is 24.6 Å². The molecule has 1 aromatic carbocycles. The predicted octanol–water partition coefficient (Wildman–Crippen LogP) is 2.63. The van der Waals surface area contributed by atoms with E-state index in [0.717, 1.165) is 44.0 Å². The number of benzene rings is 1. The lowest BCUT2D eigenvalue weighted by molar-refractivity contribution is 0.149. The first kappa shape index (κ1) is 14.4. The molecule has 1 aliphatic rings. The van der Waals surface area contributed by atoms with Gasteiger partial charge in [0.25, 0.3) is 0 Å². The van der Waals surface area contributed by atoms with Crippen molar-refractivity contribution in [3.05, 3.63) is 22.7 Å². The summed E-state index contributed by atoms with van der Waals surface area (Å²) in [5.41, 5.74) is 1.09. The lowest BCUT2D eigenvalue weighted by Crippen LogP contribution is -2.19. The number of halogens is 1. The second kappa shape index (κ2) is 7.58. The minimum atomic E-state index is 0.612. The summed E-state index contributed by atoms with van der Waals surface area (Å²) in [5.74, 6) is 1.41. The van der Waals surface area contributed by atoms with Crippen molar-refractivity contribution in [2.45, 2.75) is 19.9 Å². The van der Waals surface area contributed by atoms with E-state index < -0.39 is 0 Å².